The zero-order chi connectivity index (χ0) is 20.9. The van der Waals surface area contributed by atoms with Crippen LogP contribution in [0.25, 0.3) is 0 Å². The molecule has 150 valence electrons. The van der Waals surface area contributed by atoms with Gasteiger partial charge in [-0.3, -0.25) is 4.79 Å². The van der Waals surface area contributed by atoms with Gasteiger partial charge in [0.05, 0.1) is 11.6 Å². The standard InChI is InChI=1S/C23H22N6O/c1-17-4-2-7-20(14-17)28-10-12-29(13-11-28)23(30)21-8-9-22(27-26-21)25-19-6-3-5-18(15-19)16-24/h2-9,14-15H,10-13H2,1H3,(H,25,27). The summed E-state index contributed by atoms with van der Waals surface area (Å²) in [5.74, 6) is 0.412. The molecule has 0 saturated carbocycles. The lowest BCUT2D eigenvalue weighted by molar-refractivity contribution is 0.0739. The molecule has 1 aliphatic heterocycles. The van der Waals surface area contributed by atoms with E-state index >= 15 is 0 Å². The summed E-state index contributed by atoms with van der Waals surface area (Å²) in [6, 6.07) is 21.0. The van der Waals surface area contributed by atoms with Crippen LogP contribution in [0.2, 0.25) is 0 Å². The number of carbonyl (C=O) groups is 1. The van der Waals surface area contributed by atoms with Crippen molar-refractivity contribution in [2.75, 3.05) is 36.4 Å². The number of nitrogens with one attached hydrogen (secondary N) is 1. The molecule has 0 spiro atoms. The molecule has 7 nitrogen and oxygen atoms in total. The average Bonchev–Trinajstić information content (AvgIpc) is 2.79. The molecule has 4 rings (SSSR count). The van der Waals surface area contributed by atoms with Crippen molar-refractivity contribution in [3.05, 3.63) is 77.5 Å². The Bertz CT molecular complexity index is 1080. The lowest BCUT2D eigenvalue weighted by atomic mass is 10.2. The molecule has 1 aromatic heterocycles. The minimum atomic E-state index is -0.107. The van der Waals surface area contributed by atoms with Gasteiger partial charge in [0.15, 0.2) is 11.5 Å². The topological polar surface area (TPSA) is 85.1 Å². The summed E-state index contributed by atoms with van der Waals surface area (Å²) < 4.78 is 0. The lowest BCUT2D eigenvalue weighted by Gasteiger charge is -2.36. The predicted molar refractivity (Wildman–Crippen MR) is 116 cm³/mol. The highest BCUT2D eigenvalue weighted by atomic mass is 16.2. The molecule has 0 radical (unpaired) electrons. The SMILES string of the molecule is Cc1cccc(N2CCN(C(=O)c3ccc(Nc4cccc(C#N)c4)nn3)CC2)c1. The Balaban J connectivity index is 1.36. The fourth-order valence-corrected chi connectivity index (χ4v) is 3.48. The van der Waals surface area contributed by atoms with Gasteiger partial charge in [-0.05, 0) is 55.0 Å². The van der Waals surface area contributed by atoms with Crippen molar-refractivity contribution in [1.82, 2.24) is 15.1 Å². The number of hydrogen-bond donors (Lipinski definition) is 1. The van der Waals surface area contributed by atoms with Gasteiger partial charge in [0.1, 0.15) is 0 Å². The number of aromatic nitrogens is 2. The van der Waals surface area contributed by atoms with Crippen LogP contribution in [0, 0.1) is 18.3 Å². The molecule has 0 aliphatic carbocycles. The van der Waals surface area contributed by atoms with E-state index in [-0.39, 0.29) is 5.91 Å². The van der Waals surface area contributed by atoms with E-state index in [1.165, 1.54) is 11.3 Å². The first-order valence-corrected chi connectivity index (χ1v) is 9.84. The third kappa shape index (κ3) is 4.39. The van der Waals surface area contributed by atoms with Crippen LogP contribution in [0.4, 0.5) is 17.2 Å². The highest BCUT2D eigenvalue weighted by Gasteiger charge is 2.23. The number of rotatable bonds is 4. The highest BCUT2D eigenvalue weighted by Crippen LogP contribution is 2.19. The Morgan fingerprint density at radius 1 is 1.00 bits per heavy atom. The van der Waals surface area contributed by atoms with Crippen molar-refractivity contribution in [2.45, 2.75) is 6.92 Å². The van der Waals surface area contributed by atoms with Crippen LogP contribution in [0.5, 0.6) is 0 Å². The summed E-state index contributed by atoms with van der Waals surface area (Å²) in [5.41, 5.74) is 4.06. The van der Waals surface area contributed by atoms with Crippen LogP contribution < -0.4 is 10.2 Å². The molecular formula is C23H22N6O. The number of piperazine rings is 1. The van der Waals surface area contributed by atoms with E-state index < -0.39 is 0 Å². The maximum atomic E-state index is 12.8. The molecule has 1 N–H and O–H groups in total. The van der Waals surface area contributed by atoms with Gasteiger partial charge in [0.25, 0.3) is 5.91 Å². The quantitative estimate of drug-likeness (QED) is 0.725. The van der Waals surface area contributed by atoms with Gasteiger partial charge >= 0.3 is 0 Å². The second-order valence-corrected chi connectivity index (χ2v) is 7.24. The number of aryl methyl sites for hydroxylation is 1. The van der Waals surface area contributed by atoms with Crippen LogP contribution in [0.1, 0.15) is 21.6 Å². The molecule has 2 aromatic carbocycles. The van der Waals surface area contributed by atoms with Gasteiger partial charge in [-0.2, -0.15) is 5.26 Å². The molecular weight excluding hydrogens is 376 g/mol. The van der Waals surface area contributed by atoms with Crippen LogP contribution in [0.15, 0.2) is 60.7 Å². The molecule has 0 bridgehead atoms. The van der Waals surface area contributed by atoms with Gasteiger partial charge in [0.2, 0.25) is 0 Å². The van der Waals surface area contributed by atoms with Crippen molar-refractivity contribution in [2.24, 2.45) is 0 Å². The molecule has 3 aromatic rings. The van der Waals surface area contributed by atoms with E-state index in [9.17, 15) is 4.79 Å². The largest absolute Gasteiger partial charge is 0.368 e. The number of carbonyl (C=O) groups excluding carboxylic acids is 1. The van der Waals surface area contributed by atoms with Crippen LogP contribution >= 0.6 is 0 Å². The number of nitrogens with zero attached hydrogens (tertiary/aromatic N) is 5. The molecule has 1 fully saturated rings. The van der Waals surface area contributed by atoms with E-state index in [1.54, 1.807) is 30.3 Å². The lowest BCUT2D eigenvalue weighted by Crippen LogP contribution is -2.49. The third-order valence-corrected chi connectivity index (χ3v) is 5.08. The monoisotopic (exact) mass is 398 g/mol. The van der Waals surface area contributed by atoms with Gasteiger partial charge in [-0.15, -0.1) is 10.2 Å². The van der Waals surface area contributed by atoms with Crippen LogP contribution in [0.3, 0.4) is 0 Å². The van der Waals surface area contributed by atoms with Crippen molar-refractivity contribution < 1.29 is 4.79 Å². The Morgan fingerprint density at radius 2 is 1.80 bits per heavy atom. The number of nitriles is 1. The normalized spacial score (nSPS) is 13.6. The van der Waals surface area contributed by atoms with Crippen molar-refractivity contribution in [3.63, 3.8) is 0 Å². The van der Waals surface area contributed by atoms with Gasteiger partial charge in [0, 0.05) is 37.6 Å². The fourth-order valence-electron chi connectivity index (χ4n) is 3.48. The van der Waals surface area contributed by atoms with Crippen LogP contribution in [-0.4, -0.2) is 47.2 Å². The maximum absolute atomic E-state index is 12.8. The number of benzene rings is 2. The van der Waals surface area contributed by atoms with Crippen LogP contribution in [-0.2, 0) is 0 Å². The molecule has 0 atom stereocenters. The average molecular weight is 398 g/mol. The smallest absolute Gasteiger partial charge is 0.274 e. The first-order valence-electron chi connectivity index (χ1n) is 9.84. The number of anilines is 3. The van der Waals surface area contributed by atoms with Gasteiger partial charge < -0.3 is 15.1 Å². The van der Waals surface area contributed by atoms with E-state index in [0.29, 0.717) is 30.2 Å². The van der Waals surface area contributed by atoms with Crippen molar-refractivity contribution in [3.8, 4) is 6.07 Å². The van der Waals surface area contributed by atoms with Crippen molar-refractivity contribution >= 4 is 23.1 Å². The minimum Gasteiger partial charge on any atom is -0.368 e. The summed E-state index contributed by atoms with van der Waals surface area (Å²) in [6.45, 7) is 4.96. The molecule has 0 unspecified atom stereocenters. The summed E-state index contributed by atoms with van der Waals surface area (Å²) in [4.78, 5) is 16.9. The molecule has 1 amide bonds. The second kappa shape index (κ2) is 8.62. The van der Waals surface area contributed by atoms with Gasteiger partial charge in [-0.25, -0.2) is 0 Å². The van der Waals surface area contributed by atoms with E-state index in [2.05, 4.69) is 57.7 Å². The van der Waals surface area contributed by atoms with E-state index in [0.717, 1.165) is 18.8 Å². The Kier molecular flexibility index (Phi) is 5.57. The molecule has 30 heavy (non-hydrogen) atoms. The molecule has 1 saturated heterocycles. The van der Waals surface area contributed by atoms with E-state index in [4.69, 9.17) is 5.26 Å². The Hall–Kier alpha value is -3.92. The second-order valence-electron chi connectivity index (χ2n) is 7.24. The molecule has 2 heterocycles. The third-order valence-electron chi connectivity index (χ3n) is 5.08. The zero-order valence-corrected chi connectivity index (χ0v) is 16.7. The molecule has 7 heteroatoms. The first kappa shape index (κ1) is 19.4. The zero-order valence-electron chi connectivity index (χ0n) is 16.7. The van der Waals surface area contributed by atoms with Crippen molar-refractivity contribution in [1.29, 1.82) is 5.26 Å². The minimum absolute atomic E-state index is 0.107. The summed E-state index contributed by atoms with van der Waals surface area (Å²) in [6.07, 6.45) is 0. The summed E-state index contributed by atoms with van der Waals surface area (Å²) in [5, 5.41) is 20.3. The predicted octanol–water partition coefficient (Wildman–Crippen LogP) is 3.36. The maximum Gasteiger partial charge on any atom is 0.274 e. The summed E-state index contributed by atoms with van der Waals surface area (Å²) in [7, 11) is 0. The molecule has 1 aliphatic rings. The summed E-state index contributed by atoms with van der Waals surface area (Å²) >= 11 is 0. The van der Waals surface area contributed by atoms with E-state index in [1.807, 2.05) is 11.0 Å². The Morgan fingerprint density at radius 3 is 2.50 bits per heavy atom. The number of amides is 1. The number of hydrogen-bond acceptors (Lipinski definition) is 6. The fraction of sp³-hybridized carbons (Fsp3) is 0.217. The van der Waals surface area contributed by atoms with Gasteiger partial charge in [-0.1, -0.05) is 18.2 Å². The Labute approximate surface area is 175 Å². The first-order chi connectivity index (χ1) is 14.6. The highest BCUT2D eigenvalue weighted by molar-refractivity contribution is 5.92.